The zero-order chi connectivity index (χ0) is 14.3. The van der Waals surface area contributed by atoms with Gasteiger partial charge in [0.25, 0.3) is 0 Å². The summed E-state index contributed by atoms with van der Waals surface area (Å²) in [5.74, 6) is 1.83. The summed E-state index contributed by atoms with van der Waals surface area (Å²) in [6.45, 7) is 7.63. The summed E-state index contributed by atoms with van der Waals surface area (Å²) in [6.07, 6.45) is -0.159. The fourth-order valence-corrected chi connectivity index (χ4v) is 1.48. The van der Waals surface area contributed by atoms with Crippen LogP contribution in [0.1, 0.15) is 38.6 Å². The number of rotatable bonds is 6. The van der Waals surface area contributed by atoms with E-state index in [1.54, 1.807) is 0 Å². The van der Waals surface area contributed by atoms with Gasteiger partial charge in [0.2, 0.25) is 5.89 Å². The normalized spacial score (nSPS) is 13.4. The first-order valence-electron chi connectivity index (χ1n) is 6.48. The Kier molecular flexibility index (Phi) is 6.27. The Morgan fingerprint density at radius 2 is 2.21 bits per heavy atom. The monoisotopic (exact) mass is 269 g/mol. The zero-order valence-electron chi connectivity index (χ0n) is 12.3. The van der Waals surface area contributed by atoms with Crippen molar-refractivity contribution in [2.75, 3.05) is 27.2 Å². The smallest absolute Gasteiger partial charge is 0.248 e. The minimum absolute atomic E-state index is 0.159. The first kappa shape index (κ1) is 15.4. The molecule has 0 radical (unpaired) electrons. The van der Waals surface area contributed by atoms with Gasteiger partial charge < -0.3 is 19.5 Å². The van der Waals surface area contributed by atoms with Crippen molar-refractivity contribution in [3.63, 3.8) is 0 Å². The van der Waals surface area contributed by atoms with Gasteiger partial charge in [0.05, 0.1) is 0 Å². The molecule has 0 bridgehead atoms. The third-order valence-electron chi connectivity index (χ3n) is 2.39. The van der Waals surface area contributed by atoms with E-state index in [-0.39, 0.29) is 6.10 Å². The molecule has 0 saturated carbocycles. The number of nitrogens with one attached hydrogen (secondary N) is 1. The molecule has 1 N–H and O–H groups in total. The van der Waals surface area contributed by atoms with Gasteiger partial charge >= 0.3 is 0 Å². The molecule has 7 heteroatoms. The molecule has 0 saturated heterocycles. The molecule has 1 unspecified atom stereocenters. The number of hydrogen-bond donors (Lipinski definition) is 1. The molecule has 7 nitrogen and oxygen atoms in total. The Labute approximate surface area is 114 Å². The van der Waals surface area contributed by atoms with Crippen LogP contribution in [-0.2, 0) is 11.3 Å². The lowest BCUT2D eigenvalue weighted by atomic mass is 10.4. The fourth-order valence-electron chi connectivity index (χ4n) is 1.48. The molecule has 1 heterocycles. The number of nitrogens with zero attached hydrogens (tertiary/aromatic N) is 4. The van der Waals surface area contributed by atoms with E-state index in [4.69, 9.17) is 9.26 Å². The summed E-state index contributed by atoms with van der Waals surface area (Å²) >= 11 is 0. The molecule has 108 valence electrons. The Morgan fingerprint density at radius 3 is 2.79 bits per heavy atom. The predicted octanol–water partition coefficient (Wildman–Crippen LogP) is 1.19. The first-order chi connectivity index (χ1) is 9.08. The second kappa shape index (κ2) is 7.73. The standard InChI is InChI=1S/C12H23N5O2/c1-6-13-12(17(4)5)14-8-10-15-11(16-19-10)9(3)18-7-2/h9H,6-8H2,1-5H3,(H,13,14). The molecule has 0 aromatic carbocycles. The predicted molar refractivity (Wildman–Crippen MR) is 72.8 cm³/mol. The average molecular weight is 269 g/mol. The molecule has 1 aromatic rings. The molecule has 0 aliphatic heterocycles. The van der Waals surface area contributed by atoms with E-state index in [1.165, 1.54) is 0 Å². The average Bonchev–Trinajstić information content (AvgIpc) is 2.83. The molecular formula is C12H23N5O2. The summed E-state index contributed by atoms with van der Waals surface area (Å²) in [5.41, 5.74) is 0. The Balaban J connectivity index is 2.64. The van der Waals surface area contributed by atoms with Crippen molar-refractivity contribution >= 4 is 5.96 Å². The highest BCUT2D eigenvalue weighted by Gasteiger charge is 2.13. The van der Waals surface area contributed by atoms with Gasteiger partial charge in [-0.2, -0.15) is 4.98 Å². The van der Waals surface area contributed by atoms with Gasteiger partial charge in [0.15, 0.2) is 11.8 Å². The molecule has 0 amide bonds. The number of aromatic nitrogens is 2. The molecule has 0 aliphatic carbocycles. The van der Waals surface area contributed by atoms with Crippen molar-refractivity contribution < 1.29 is 9.26 Å². The molecule has 0 aliphatic rings. The second-order valence-electron chi connectivity index (χ2n) is 4.21. The van der Waals surface area contributed by atoms with E-state index in [0.29, 0.717) is 24.9 Å². The quantitative estimate of drug-likeness (QED) is 0.617. The van der Waals surface area contributed by atoms with Crippen molar-refractivity contribution in [1.29, 1.82) is 0 Å². The van der Waals surface area contributed by atoms with Crippen LogP contribution in [-0.4, -0.2) is 48.2 Å². The molecular weight excluding hydrogens is 246 g/mol. The number of hydrogen-bond acceptors (Lipinski definition) is 5. The summed E-state index contributed by atoms with van der Waals surface area (Å²) in [5, 5.41) is 7.05. The van der Waals surface area contributed by atoms with Gasteiger partial charge in [0, 0.05) is 27.2 Å². The number of aliphatic imine (C=N–C) groups is 1. The molecule has 1 atom stereocenters. The minimum atomic E-state index is -0.159. The lowest BCUT2D eigenvalue weighted by Crippen LogP contribution is -2.36. The van der Waals surface area contributed by atoms with Crippen molar-refractivity contribution in [1.82, 2.24) is 20.4 Å². The van der Waals surface area contributed by atoms with Crippen LogP contribution in [0.15, 0.2) is 9.52 Å². The Hall–Kier alpha value is -1.63. The van der Waals surface area contributed by atoms with Crippen LogP contribution in [0, 0.1) is 0 Å². The first-order valence-corrected chi connectivity index (χ1v) is 6.48. The SMILES string of the molecule is CCNC(=NCc1nc(C(C)OCC)no1)N(C)C. The maximum atomic E-state index is 5.40. The minimum Gasteiger partial charge on any atom is -0.371 e. The maximum absolute atomic E-state index is 5.40. The Morgan fingerprint density at radius 1 is 1.47 bits per heavy atom. The highest BCUT2D eigenvalue weighted by atomic mass is 16.5. The second-order valence-corrected chi connectivity index (χ2v) is 4.21. The van der Waals surface area contributed by atoms with Gasteiger partial charge in [-0.1, -0.05) is 5.16 Å². The topological polar surface area (TPSA) is 75.8 Å². The van der Waals surface area contributed by atoms with Crippen LogP contribution in [0.2, 0.25) is 0 Å². The van der Waals surface area contributed by atoms with E-state index in [9.17, 15) is 0 Å². The molecule has 0 spiro atoms. The van der Waals surface area contributed by atoms with E-state index in [0.717, 1.165) is 12.5 Å². The fraction of sp³-hybridized carbons (Fsp3) is 0.750. The van der Waals surface area contributed by atoms with Gasteiger partial charge in [0.1, 0.15) is 12.6 Å². The van der Waals surface area contributed by atoms with E-state index in [2.05, 4.69) is 20.4 Å². The third kappa shape index (κ3) is 4.86. The van der Waals surface area contributed by atoms with Crippen LogP contribution in [0.25, 0.3) is 0 Å². The molecule has 1 rings (SSSR count). The zero-order valence-corrected chi connectivity index (χ0v) is 12.3. The molecule has 1 aromatic heterocycles. The number of ether oxygens (including phenoxy) is 1. The van der Waals surface area contributed by atoms with Gasteiger partial charge in [-0.05, 0) is 20.8 Å². The van der Waals surface area contributed by atoms with Gasteiger partial charge in [-0.25, -0.2) is 4.99 Å². The lowest BCUT2D eigenvalue weighted by molar-refractivity contribution is 0.0683. The van der Waals surface area contributed by atoms with E-state index in [1.807, 2.05) is 39.8 Å². The van der Waals surface area contributed by atoms with Crippen molar-refractivity contribution in [3.05, 3.63) is 11.7 Å². The molecule has 0 fully saturated rings. The third-order valence-corrected chi connectivity index (χ3v) is 2.39. The van der Waals surface area contributed by atoms with E-state index < -0.39 is 0 Å². The van der Waals surface area contributed by atoms with Gasteiger partial charge in [-0.15, -0.1) is 0 Å². The van der Waals surface area contributed by atoms with Crippen LogP contribution < -0.4 is 5.32 Å². The highest BCUT2D eigenvalue weighted by Crippen LogP contribution is 2.12. The van der Waals surface area contributed by atoms with Crippen molar-refractivity contribution in [3.8, 4) is 0 Å². The number of guanidine groups is 1. The summed E-state index contributed by atoms with van der Waals surface area (Å²) in [4.78, 5) is 10.6. The summed E-state index contributed by atoms with van der Waals surface area (Å²) < 4.78 is 10.5. The Bertz CT molecular complexity index is 403. The van der Waals surface area contributed by atoms with E-state index >= 15 is 0 Å². The summed E-state index contributed by atoms with van der Waals surface area (Å²) in [6, 6.07) is 0. The highest BCUT2D eigenvalue weighted by molar-refractivity contribution is 5.79. The van der Waals surface area contributed by atoms with Gasteiger partial charge in [-0.3, -0.25) is 0 Å². The van der Waals surface area contributed by atoms with Crippen LogP contribution >= 0.6 is 0 Å². The van der Waals surface area contributed by atoms with Crippen LogP contribution in [0.4, 0.5) is 0 Å². The van der Waals surface area contributed by atoms with Crippen LogP contribution in [0.5, 0.6) is 0 Å². The van der Waals surface area contributed by atoms with Crippen molar-refractivity contribution in [2.24, 2.45) is 4.99 Å². The molecule has 19 heavy (non-hydrogen) atoms. The van der Waals surface area contributed by atoms with Crippen LogP contribution in [0.3, 0.4) is 0 Å². The largest absolute Gasteiger partial charge is 0.371 e. The maximum Gasteiger partial charge on any atom is 0.248 e. The lowest BCUT2D eigenvalue weighted by Gasteiger charge is -2.15. The summed E-state index contributed by atoms with van der Waals surface area (Å²) in [7, 11) is 3.86. The van der Waals surface area contributed by atoms with Crippen molar-refractivity contribution in [2.45, 2.75) is 33.4 Å².